The molecule has 0 aliphatic carbocycles. The molecule has 10 nitrogen and oxygen atoms in total. The lowest BCUT2D eigenvalue weighted by atomic mass is 10.3. The largest absolute Gasteiger partial charge is 0.471 e. The van der Waals surface area contributed by atoms with Gasteiger partial charge in [0.1, 0.15) is 11.9 Å². The number of hydrogen-bond acceptors (Lipinski definition) is 7. The van der Waals surface area contributed by atoms with E-state index in [0.29, 0.717) is 0 Å². The lowest BCUT2D eigenvalue weighted by Crippen LogP contribution is -2.32. The molecule has 5 N–H and O–H groups in total. The van der Waals surface area contributed by atoms with E-state index in [4.69, 9.17) is 25.4 Å². The summed E-state index contributed by atoms with van der Waals surface area (Å²) in [6, 6.07) is 1.39. The monoisotopic (exact) mass is 295 g/mol. The molecule has 0 spiro atoms. The summed E-state index contributed by atoms with van der Waals surface area (Å²) in [7, 11) is -4.63. The highest BCUT2D eigenvalue weighted by Gasteiger charge is 2.16. The van der Waals surface area contributed by atoms with Crippen molar-refractivity contribution < 1.29 is 28.7 Å². The summed E-state index contributed by atoms with van der Waals surface area (Å²) >= 11 is 0. The molecule has 1 aromatic rings. The van der Waals surface area contributed by atoms with Crippen LogP contribution in [0.3, 0.4) is 0 Å². The van der Waals surface area contributed by atoms with Crippen LogP contribution in [0.1, 0.15) is 0 Å². The van der Waals surface area contributed by atoms with E-state index in [1.165, 1.54) is 12.3 Å². The van der Waals surface area contributed by atoms with Gasteiger partial charge in [-0.25, -0.2) is 9.36 Å². The number of nitrogen functional groups attached to an aromatic ring is 1. The van der Waals surface area contributed by atoms with Crippen molar-refractivity contribution in [2.45, 2.75) is 12.6 Å². The quantitative estimate of drug-likeness (QED) is 0.339. The van der Waals surface area contributed by atoms with Gasteiger partial charge in [0.05, 0.1) is 13.2 Å². The first-order valence-corrected chi connectivity index (χ1v) is 6.60. The molecule has 0 aliphatic heterocycles. The number of phosphoric acid groups is 1. The Kier molecular flexibility index (Phi) is 5.60. The van der Waals surface area contributed by atoms with Crippen LogP contribution >= 0.6 is 7.82 Å². The number of phosphoric ester groups is 1. The molecule has 11 heteroatoms. The van der Waals surface area contributed by atoms with Crippen molar-refractivity contribution in [1.82, 2.24) is 9.55 Å². The first-order chi connectivity index (χ1) is 8.81. The number of aliphatic hydroxyl groups is 1. The Morgan fingerprint density at radius 3 is 2.74 bits per heavy atom. The van der Waals surface area contributed by atoms with E-state index < -0.39 is 33.0 Å². The van der Waals surface area contributed by atoms with Crippen LogP contribution in [0.4, 0.5) is 5.82 Å². The molecule has 0 aliphatic rings. The highest BCUT2D eigenvalue weighted by Crippen LogP contribution is 2.35. The third-order valence-corrected chi connectivity index (χ3v) is 2.47. The second-order valence-corrected chi connectivity index (χ2v) is 4.74. The van der Waals surface area contributed by atoms with Crippen LogP contribution in [0.15, 0.2) is 17.1 Å². The van der Waals surface area contributed by atoms with E-state index in [0.717, 1.165) is 4.57 Å². The fraction of sp³-hybridized carbons (Fsp3) is 0.500. The summed E-state index contributed by atoms with van der Waals surface area (Å²) in [6.45, 7) is -1.25. The van der Waals surface area contributed by atoms with E-state index in [9.17, 15) is 9.36 Å². The molecule has 1 unspecified atom stereocenters. The minimum atomic E-state index is -4.63. The topological polar surface area (TPSA) is 157 Å². The van der Waals surface area contributed by atoms with Crippen LogP contribution < -0.4 is 11.4 Å². The van der Waals surface area contributed by atoms with Gasteiger partial charge in [0.15, 0.2) is 6.79 Å². The van der Waals surface area contributed by atoms with E-state index in [-0.39, 0.29) is 12.4 Å². The molecule has 1 aromatic heterocycles. The van der Waals surface area contributed by atoms with E-state index in [1.807, 2.05) is 0 Å². The van der Waals surface area contributed by atoms with Gasteiger partial charge in [0.2, 0.25) is 0 Å². The van der Waals surface area contributed by atoms with Crippen LogP contribution in [0.25, 0.3) is 0 Å². The maximum absolute atomic E-state index is 11.4. The number of nitrogens with zero attached hydrogens (tertiary/aromatic N) is 2. The third kappa shape index (κ3) is 5.92. The van der Waals surface area contributed by atoms with Gasteiger partial charge in [0.25, 0.3) is 0 Å². The number of hydrogen-bond donors (Lipinski definition) is 4. The van der Waals surface area contributed by atoms with Gasteiger partial charge in [-0.2, -0.15) is 4.98 Å². The summed E-state index contributed by atoms with van der Waals surface area (Å²) in [5.41, 5.74) is 4.68. The molecular weight excluding hydrogens is 281 g/mol. The fourth-order valence-corrected chi connectivity index (χ4v) is 1.36. The Bertz CT molecular complexity index is 513. The lowest BCUT2D eigenvalue weighted by molar-refractivity contribution is -0.0718. The maximum Gasteiger partial charge on any atom is 0.471 e. The molecule has 0 amide bonds. The first-order valence-electron chi connectivity index (χ1n) is 5.07. The highest BCUT2D eigenvalue weighted by molar-refractivity contribution is 7.46. The molecule has 19 heavy (non-hydrogen) atoms. The smallest absolute Gasteiger partial charge is 0.394 e. The zero-order valence-corrected chi connectivity index (χ0v) is 10.6. The van der Waals surface area contributed by atoms with Crippen LogP contribution in [-0.4, -0.2) is 43.9 Å². The Hall–Kier alpha value is -1.29. The van der Waals surface area contributed by atoms with Gasteiger partial charge in [-0.05, 0) is 6.07 Å². The van der Waals surface area contributed by atoms with Crippen molar-refractivity contribution >= 4 is 13.6 Å². The minimum Gasteiger partial charge on any atom is -0.394 e. The second-order valence-electron chi connectivity index (χ2n) is 3.50. The van der Waals surface area contributed by atoms with E-state index in [1.54, 1.807) is 0 Å². The van der Waals surface area contributed by atoms with Gasteiger partial charge in [0, 0.05) is 6.20 Å². The van der Waals surface area contributed by atoms with Crippen molar-refractivity contribution in [2.24, 2.45) is 0 Å². The number of anilines is 1. The number of aliphatic hydroxyl groups excluding tert-OH is 1. The number of rotatable bonds is 7. The summed E-state index contributed by atoms with van der Waals surface area (Å²) in [5, 5.41) is 9.03. The highest BCUT2D eigenvalue weighted by atomic mass is 31.2. The normalized spacial score (nSPS) is 13.4. The Morgan fingerprint density at radius 1 is 1.53 bits per heavy atom. The molecule has 0 saturated carbocycles. The molecule has 108 valence electrons. The van der Waals surface area contributed by atoms with Crippen molar-refractivity contribution in [1.29, 1.82) is 0 Å². The van der Waals surface area contributed by atoms with Crippen molar-refractivity contribution in [3.05, 3.63) is 22.7 Å². The van der Waals surface area contributed by atoms with Crippen LogP contribution in [0.2, 0.25) is 0 Å². The average molecular weight is 295 g/mol. The molecule has 0 fully saturated rings. The Labute approximate surface area is 107 Å². The second kappa shape index (κ2) is 6.75. The molecule has 0 saturated heterocycles. The van der Waals surface area contributed by atoms with Gasteiger partial charge in [-0.3, -0.25) is 9.09 Å². The molecule has 1 atom stereocenters. The zero-order chi connectivity index (χ0) is 14.5. The summed E-state index contributed by atoms with van der Waals surface area (Å²) in [4.78, 5) is 31.7. The van der Waals surface area contributed by atoms with Gasteiger partial charge in [-0.15, -0.1) is 0 Å². The van der Waals surface area contributed by atoms with Crippen molar-refractivity contribution in [3.8, 4) is 0 Å². The first kappa shape index (κ1) is 15.8. The molecule has 1 rings (SSSR count). The molecule has 0 radical (unpaired) electrons. The van der Waals surface area contributed by atoms with E-state index >= 15 is 0 Å². The van der Waals surface area contributed by atoms with Gasteiger partial charge >= 0.3 is 13.5 Å². The third-order valence-electron chi connectivity index (χ3n) is 2.02. The van der Waals surface area contributed by atoms with Crippen molar-refractivity contribution in [2.75, 3.05) is 19.1 Å². The standard InChI is InChI=1S/C8H14N3O7P/c9-7-1-2-11(8(13)10-7)3-6(4-12)17-5-18-19(14,15)16/h1-2,6,12H,3-5H2,(H2,9,10,13)(H2,14,15,16). The number of aromatic nitrogens is 2. The maximum atomic E-state index is 11.4. The SMILES string of the molecule is Nc1ccn(CC(CO)OCOP(=O)(O)O)c(=O)n1. The number of nitrogens with two attached hydrogens (primary N) is 1. The Balaban J connectivity index is 2.57. The molecule has 0 aromatic carbocycles. The summed E-state index contributed by atoms with van der Waals surface area (Å²) in [5.74, 6) is 0.0625. The molecule has 0 bridgehead atoms. The average Bonchev–Trinajstić information content (AvgIpc) is 2.29. The van der Waals surface area contributed by atoms with Crippen LogP contribution in [0.5, 0.6) is 0 Å². The summed E-state index contributed by atoms with van der Waals surface area (Å²) < 4.78 is 20.5. The van der Waals surface area contributed by atoms with Gasteiger partial charge in [-0.1, -0.05) is 0 Å². The number of ether oxygens (including phenoxy) is 1. The molecular formula is C8H14N3O7P. The van der Waals surface area contributed by atoms with Gasteiger partial charge < -0.3 is 25.4 Å². The zero-order valence-electron chi connectivity index (χ0n) is 9.75. The Morgan fingerprint density at radius 2 is 2.21 bits per heavy atom. The predicted molar refractivity (Wildman–Crippen MR) is 62.9 cm³/mol. The lowest BCUT2D eigenvalue weighted by Gasteiger charge is -2.16. The van der Waals surface area contributed by atoms with E-state index in [2.05, 4.69) is 9.51 Å². The predicted octanol–water partition coefficient (Wildman–Crippen LogP) is -1.73. The van der Waals surface area contributed by atoms with Crippen LogP contribution in [-0.2, 0) is 20.4 Å². The van der Waals surface area contributed by atoms with Crippen molar-refractivity contribution in [3.63, 3.8) is 0 Å². The van der Waals surface area contributed by atoms with Crippen LogP contribution in [0, 0.1) is 0 Å². The summed E-state index contributed by atoms with van der Waals surface area (Å²) in [6.07, 6.45) is 0.482. The fourth-order valence-electron chi connectivity index (χ4n) is 1.16. The minimum absolute atomic E-state index is 0.0624. The molecule has 1 heterocycles.